The van der Waals surface area contributed by atoms with E-state index in [2.05, 4.69) is 11.9 Å². The molecular formula is C16H22N2O2. The van der Waals surface area contributed by atoms with Crippen molar-refractivity contribution in [2.75, 3.05) is 13.1 Å². The summed E-state index contributed by atoms with van der Waals surface area (Å²) in [7, 11) is 0. The van der Waals surface area contributed by atoms with Crippen LogP contribution in [-0.4, -0.2) is 35.2 Å². The van der Waals surface area contributed by atoms with Gasteiger partial charge in [-0.3, -0.25) is 0 Å². The Bertz CT molecular complexity index is 447. The van der Waals surface area contributed by atoms with Gasteiger partial charge in [0.25, 0.3) is 0 Å². The maximum Gasteiger partial charge on any atom is 0.317 e. The standard InChI is InChI=1S/C16H22N2O2/c1-2-10-17-16(20)18-11-6-9-14(18)12-15(19)13-7-4-3-5-8-13/h2-5,7-8,14-15,19H,1,6,9-12H2,(H,17,20). The Balaban J connectivity index is 1.94. The lowest BCUT2D eigenvalue weighted by Crippen LogP contribution is -2.43. The zero-order valence-corrected chi connectivity index (χ0v) is 11.7. The van der Waals surface area contributed by atoms with E-state index < -0.39 is 6.10 Å². The largest absolute Gasteiger partial charge is 0.388 e. The lowest BCUT2D eigenvalue weighted by Gasteiger charge is -2.26. The number of urea groups is 1. The third-order valence-corrected chi connectivity index (χ3v) is 3.72. The second-order valence-corrected chi connectivity index (χ2v) is 5.13. The summed E-state index contributed by atoms with van der Waals surface area (Å²) in [6.07, 6.45) is 3.68. The Labute approximate surface area is 120 Å². The average molecular weight is 274 g/mol. The van der Waals surface area contributed by atoms with E-state index in [4.69, 9.17) is 0 Å². The number of benzene rings is 1. The molecule has 1 aromatic carbocycles. The van der Waals surface area contributed by atoms with Crippen molar-refractivity contribution in [2.24, 2.45) is 0 Å². The number of nitrogens with zero attached hydrogens (tertiary/aromatic N) is 1. The van der Waals surface area contributed by atoms with Gasteiger partial charge in [0.2, 0.25) is 0 Å². The Hall–Kier alpha value is -1.81. The summed E-state index contributed by atoms with van der Waals surface area (Å²) in [5.41, 5.74) is 0.908. The summed E-state index contributed by atoms with van der Waals surface area (Å²) in [5, 5.41) is 13.1. The SMILES string of the molecule is C=CCNC(=O)N1CCCC1CC(O)c1ccccc1. The molecule has 108 valence electrons. The highest BCUT2D eigenvalue weighted by Gasteiger charge is 2.30. The van der Waals surface area contributed by atoms with Crippen molar-refractivity contribution in [3.05, 3.63) is 48.6 Å². The lowest BCUT2D eigenvalue weighted by molar-refractivity contribution is 0.126. The molecule has 0 spiro atoms. The predicted molar refractivity (Wildman–Crippen MR) is 79.3 cm³/mol. The van der Waals surface area contributed by atoms with E-state index in [1.165, 1.54) is 0 Å². The third kappa shape index (κ3) is 3.61. The number of amides is 2. The first-order valence-corrected chi connectivity index (χ1v) is 7.10. The molecule has 2 unspecified atom stereocenters. The van der Waals surface area contributed by atoms with Crippen LogP contribution in [0.4, 0.5) is 4.79 Å². The molecule has 1 heterocycles. The Morgan fingerprint density at radius 2 is 2.25 bits per heavy atom. The van der Waals surface area contributed by atoms with Gasteiger partial charge in [0, 0.05) is 19.1 Å². The molecule has 0 radical (unpaired) electrons. The summed E-state index contributed by atoms with van der Waals surface area (Å²) < 4.78 is 0. The number of rotatable bonds is 5. The minimum Gasteiger partial charge on any atom is -0.388 e. The van der Waals surface area contributed by atoms with Gasteiger partial charge in [0.05, 0.1) is 6.10 Å². The van der Waals surface area contributed by atoms with Gasteiger partial charge >= 0.3 is 6.03 Å². The maximum atomic E-state index is 12.0. The number of carbonyl (C=O) groups excluding carboxylic acids is 1. The second kappa shape index (κ2) is 7.10. The van der Waals surface area contributed by atoms with E-state index in [1.807, 2.05) is 35.2 Å². The van der Waals surface area contributed by atoms with Gasteiger partial charge in [0.15, 0.2) is 0 Å². The molecule has 0 aromatic heterocycles. The monoisotopic (exact) mass is 274 g/mol. The van der Waals surface area contributed by atoms with Gasteiger partial charge < -0.3 is 15.3 Å². The molecule has 2 N–H and O–H groups in total. The Morgan fingerprint density at radius 1 is 1.50 bits per heavy atom. The van der Waals surface area contributed by atoms with E-state index >= 15 is 0 Å². The fourth-order valence-electron chi connectivity index (χ4n) is 2.68. The third-order valence-electron chi connectivity index (χ3n) is 3.72. The second-order valence-electron chi connectivity index (χ2n) is 5.13. The lowest BCUT2D eigenvalue weighted by atomic mass is 10.0. The maximum absolute atomic E-state index is 12.0. The highest BCUT2D eigenvalue weighted by atomic mass is 16.3. The smallest absolute Gasteiger partial charge is 0.317 e. The number of likely N-dealkylation sites (tertiary alicyclic amines) is 1. The zero-order valence-electron chi connectivity index (χ0n) is 11.7. The molecule has 2 atom stereocenters. The zero-order chi connectivity index (χ0) is 14.4. The van der Waals surface area contributed by atoms with Crippen molar-refractivity contribution in [3.63, 3.8) is 0 Å². The first-order chi connectivity index (χ1) is 9.72. The summed E-state index contributed by atoms with van der Waals surface area (Å²) >= 11 is 0. The molecule has 1 aliphatic rings. The van der Waals surface area contributed by atoms with E-state index in [-0.39, 0.29) is 12.1 Å². The highest BCUT2D eigenvalue weighted by molar-refractivity contribution is 5.75. The van der Waals surface area contributed by atoms with Crippen molar-refractivity contribution in [1.82, 2.24) is 10.2 Å². The Morgan fingerprint density at radius 3 is 2.95 bits per heavy atom. The molecule has 1 aromatic rings. The van der Waals surface area contributed by atoms with E-state index in [1.54, 1.807) is 6.08 Å². The first kappa shape index (κ1) is 14.6. The topological polar surface area (TPSA) is 52.6 Å². The molecule has 20 heavy (non-hydrogen) atoms. The molecule has 0 aliphatic carbocycles. The molecule has 0 saturated carbocycles. The molecule has 0 bridgehead atoms. The molecule has 4 heteroatoms. The van der Waals surface area contributed by atoms with Crippen molar-refractivity contribution in [1.29, 1.82) is 0 Å². The number of aliphatic hydroxyl groups excluding tert-OH is 1. The first-order valence-electron chi connectivity index (χ1n) is 7.10. The summed E-state index contributed by atoms with van der Waals surface area (Å²) in [6, 6.07) is 9.65. The van der Waals surface area contributed by atoms with Crippen molar-refractivity contribution in [3.8, 4) is 0 Å². The average Bonchev–Trinajstić information content (AvgIpc) is 2.94. The van der Waals surface area contributed by atoms with E-state index in [0.717, 1.165) is 24.9 Å². The van der Waals surface area contributed by atoms with E-state index in [0.29, 0.717) is 13.0 Å². The molecular weight excluding hydrogens is 252 g/mol. The van der Waals surface area contributed by atoms with Gasteiger partial charge in [-0.1, -0.05) is 36.4 Å². The van der Waals surface area contributed by atoms with Crippen molar-refractivity contribution in [2.45, 2.75) is 31.4 Å². The van der Waals surface area contributed by atoms with Crippen LogP contribution < -0.4 is 5.32 Å². The van der Waals surface area contributed by atoms with Gasteiger partial charge in [0.1, 0.15) is 0 Å². The van der Waals surface area contributed by atoms with Gasteiger partial charge in [-0.2, -0.15) is 0 Å². The fraction of sp³-hybridized carbons (Fsp3) is 0.438. The van der Waals surface area contributed by atoms with Crippen LogP contribution in [0.25, 0.3) is 0 Å². The van der Waals surface area contributed by atoms with Crippen molar-refractivity contribution < 1.29 is 9.90 Å². The van der Waals surface area contributed by atoms with Crippen LogP contribution in [0, 0.1) is 0 Å². The minimum absolute atomic E-state index is 0.0624. The molecule has 2 rings (SSSR count). The van der Waals surface area contributed by atoms with Crippen LogP contribution >= 0.6 is 0 Å². The van der Waals surface area contributed by atoms with Gasteiger partial charge in [-0.15, -0.1) is 6.58 Å². The van der Waals surface area contributed by atoms with Gasteiger partial charge in [-0.25, -0.2) is 4.79 Å². The quantitative estimate of drug-likeness (QED) is 0.810. The summed E-state index contributed by atoms with van der Waals surface area (Å²) in [6.45, 7) is 4.83. The van der Waals surface area contributed by atoms with Crippen LogP contribution in [0.3, 0.4) is 0 Å². The van der Waals surface area contributed by atoms with E-state index in [9.17, 15) is 9.90 Å². The highest BCUT2D eigenvalue weighted by Crippen LogP contribution is 2.27. The van der Waals surface area contributed by atoms with Crippen LogP contribution in [0.1, 0.15) is 30.9 Å². The van der Waals surface area contributed by atoms with Gasteiger partial charge in [-0.05, 0) is 24.8 Å². The molecule has 1 aliphatic heterocycles. The normalized spacial score (nSPS) is 19.6. The predicted octanol–water partition coefficient (Wildman–Crippen LogP) is 2.47. The molecule has 1 saturated heterocycles. The van der Waals surface area contributed by atoms with Crippen molar-refractivity contribution >= 4 is 6.03 Å². The number of aliphatic hydroxyl groups is 1. The number of hydrogen-bond acceptors (Lipinski definition) is 2. The summed E-state index contributed by atoms with van der Waals surface area (Å²) in [5.74, 6) is 0. The minimum atomic E-state index is -0.519. The van der Waals surface area contributed by atoms with Crippen LogP contribution in [0.2, 0.25) is 0 Å². The molecule has 4 nitrogen and oxygen atoms in total. The number of nitrogens with one attached hydrogen (secondary N) is 1. The Kier molecular flexibility index (Phi) is 5.18. The van der Waals surface area contributed by atoms with Crippen LogP contribution in [-0.2, 0) is 0 Å². The van der Waals surface area contributed by atoms with Crippen LogP contribution in [0.5, 0.6) is 0 Å². The van der Waals surface area contributed by atoms with Crippen LogP contribution in [0.15, 0.2) is 43.0 Å². The fourth-order valence-corrected chi connectivity index (χ4v) is 2.68. The molecule has 2 amide bonds. The number of carbonyl (C=O) groups is 1. The number of hydrogen-bond donors (Lipinski definition) is 2. The summed E-state index contributed by atoms with van der Waals surface area (Å²) in [4.78, 5) is 13.8. The molecule has 1 fully saturated rings.